The first kappa shape index (κ1) is 23.4. The molecule has 0 radical (unpaired) electrons. The Morgan fingerprint density at radius 1 is 1.00 bits per heavy atom. The van der Waals surface area contributed by atoms with Gasteiger partial charge in [-0.2, -0.15) is 0 Å². The molecular weight excluding hydrogens is 452 g/mol. The summed E-state index contributed by atoms with van der Waals surface area (Å²) in [5.74, 6) is 0.615. The SMILES string of the molecule is COc1ccc(Cn2cnc3c4cc(C)ccc4n(CC(=O)NCCc4ccccc4)c3c2=O)cc1. The Kier molecular flexibility index (Phi) is 6.54. The van der Waals surface area contributed by atoms with Crippen molar-refractivity contribution in [3.63, 3.8) is 0 Å². The van der Waals surface area contributed by atoms with Gasteiger partial charge < -0.3 is 14.6 Å². The van der Waals surface area contributed by atoms with Crippen LogP contribution in [0.5, 0.6) is 5.75 Å². The summed E-state index contributed by atoms with van der Waals surface area (Å²) < 4.78 is 8.60. The van der Waals surface area contributed by atoms with Crippen LogP contribution in [0.3, 0.4) is 0 Å². The number of nitrogens with zero attached hydrogens (tertiary/aromatic N) is 3. The van der Waals surface area contributed by atoms with E-state index in [1.54, 1.807) is 22.6 Å². The van der Waals surface area contributed by atoms with Gasteiger partial charge in [0.15, 0.2) is 0 Å². The van der Waals surface area contributed by atoms with Crippen molar-refractivity contribution in [3.05, 3.63) is 106 Å². The lowest BCUT2D eigenvalue weighted by molar-refractivity contribution is -0.121. The fourth-order valence-electron chi connectivity index (χ4n) is 4.51. The van der Waals surface area contributed by atoms with Crippen LogP contribution in [-0.2, 0) is 24.3 Å². The zero-order valence-electron chi connectivity index (χ0n) is 20.4. The highest BCUT2D eigenvalue weighted by atomic mass is 16.5. The van der Waals surface area contributed by atoms with Crippen molar-refractivity contribution >= 4 is 27.8 Å². The summed E-state index contributed by atoms with van der Waals surface area (Å²) in [5.41, 5.74) is 4.87. The molecule has 0 saturated heterocycles. The van der Waals surface area contributed by atoms with E-state index >= 15 is 0 Å². The molecule has 0 unspecified atom stereocenters. The molecule has 182 valence electrons. The number of ether oxygens (including phenoxy) is 1. The highest BCUT2D eigenvalue weighted by Crippen LogP contribution is 2.26. The maximum Gasteiger partial charge on any atom is 0.278 e. The second kappa shape index (κ2) is 10.1. The highest BCUT2D eigenvalue weighted by Gasteiger charge is 2.18. The van der Waals surface area contributed by atoms with Gasteiger partial charge in [0.25, 0.3) is 5.56 Å². The number of methoxy groups -OCH3 is 1. The van der Waals surface area contributed by atoms with Crippen LogP contribution < -0.4 is 15.6 Å². The van der Waals surface area contributed by atoms with Crippen LogP contribution in [-0.4, -0.2) is 33.7 Å². The Hall–Kier alpha value is -4.39. The quantitative estimate of drug-likeness (QED) is 0.363. The number of carbonyl (C=O) groups excluding carboxylic acids is 1. The normalized spacial score (nSPS) is 11.2. The molecule has 36 heavy (non-hydrogen) atoms. The van der Waals surface area contributed by atoms with Gasteiger partial charge in [0, 0.05) is 11.9 Å². The third kappa shape index (κ3) is 4.73. The molecule has 5 aromatic rings. The summed E-state index contributed by atoms with van der Waals surface area (Å²) in [4.78, 5) is 31.2. The van der Waals surface area contributed by atoms with E-state index in [0.29, 0.717) is 24.1 Å². The lowest BCUT2D eigenvalue weighted by Gasteiger charge is -2.10. The molecule has 0 bridgehead atoms. The van der Waals surface area contributed by atoms with Crippen molar-refractivity contribution in [2.45, 2.75) is 26.4 Å². The fourth-order valence-corrected chi connectivity index (χ4v) is 4.51. The molecule has 0 aliphatic rings. The lowest BCUT2D eigenvalue weighted by atomic mass is 10.1. The van der Waals surface area contributed by atoms with Gasteiger partial charge in [-0.25, -0.2) is 4.98 Å². The number of aryl methyl sites for hydroxylation is 1. The van der Waals surface area contributed by atoms with E-state index in [0.717, 1.165) is 39.8 Å². The standard InChI is InChI=1S/C29H28N4O3/c1-20-8-13-25-24(16-20)27-28(33(25)18-26(34)30-15-14-21-6-4-3-5-7-21)29(35)32(19-31-27)17-22-9-11-23(36-2)12-10-22/h3-13,16,19H,14-15,17-18H2,1-2H3,(H,30,34). The third-order valence-corrected chi connectivity index (χ3v) is 6.37. The predicted octanol–water partition coefficient (Wildman–Crippen LogP) is 4.08. The monoisotopic (exact) mass is 480 g/mol. The van der Waals surface area contributed by atoms with Crippen molar-refractivity contribution < 1.29 is 9.53 Å². The summed E-state index contributed by atoms with van der Waals surface area (Å²) in [5, 5.41) is 3.87. The van der Waals surface area contributed by atoms with Gasteiger partial charge >= 0.3 is 0 Å². The second-order valence-corrected chi connectivity index (χ2v) is 8.92. The molecule has 2 heterocycles. The molecule has 0 atom stereocenters. The Bertz CT molecular complexity index is 1590. The first-order chi connectivity index (χ1) is 17.5. The number of carbonyl (C=O) groups is 1. The first-order valence-corrected chi connectivity index (χ1v) is 11.9. The Morgan fingerprint density at radius 2 is 1.78 bits per heavy atom. The number of nitrogens with one attached hydrogen (secondary N) is 1. The van der Waals surface area contributed by atoms with Crippen LogP contribution in [0.25, 0.3) is 21.9 Å². The lowest BCUT2D eigenvalue weighted by Crippen LogP contribution is -2.30. The van der Waals surface area contributed by atoms with E-state index in [9.17, 15) is 9.59 Å². The van der Waals surface area contributed by atoms with Crippen LogP contribution in [0.15, 0.2) is 83.9 Å². The molecule has 0 aliphatic heterocycles. The van der Waals surface area contributed by atoms with Gasteiger partial charge in [0.1, 0.15) is 23.3 Å². The Morgan fingerprint density at radius 3 is 2.53 bits per heavy atom. The van der Waals surface area contributed by atoms with Gasteiger partial charge in [-0.15, -0.1) is 0 Å². The topological polar surface area (TPSA) is 78.2 Å². The molecule has 1 N–H and O–H groups in total. The van der Waals surface area contributed by atoms with Crippen LogP contribution in [0, 0.1) is 6.92 Å². The van der Waals surface area contributed by atoms with Gasteiger partial charge in [-0.05, 0) is 48.7 Å². The fraction of sp³-hybridized carbons (Fsp3) is 0.207. The molecule has 1 amide bonds. The Balaban J connectivity index is 1.47. The number of amides is 1. The van der Waals surface area contributed by atoms with E-state index in [2.05, 4.69) is 10.3 Å². The number of aromatic nitrogens is 3. The minimum absolute atomic E-state index is 0.0430. The summed E-state index contributed by atoms with van der Waals surface area (Å²) in [6.07, 6.45) is 2.33. The van der Waals surface area contributed by atoms with Crippen LogP contribution in [0.1, 0.15) is 16.7 Å². The maximum atomic E-state index is 13.7. The van der Waals surface area contributed by atoms with Gasteiger partial charge in [-0.3, -0.25) is 14.2 Å². The molecule has 0 fully saturated rings. The summed E-state index contributed by atoms with van der Waals surface area (Å²) in [7, 11) is 1.62. The largest absolute Gasteiger partial charge is 0.497 e. The van der Waals surface area contributed by atoms with Crippen molar-refractivity contribution in [3.8, 4) is 5.75 Å². The van der Waals surface area contributed by atoms with E-state index in [1.165, 1.54) is 0 Å². The predicted molar refractivity (Wildman–Crippen MR) is 141 cm³/mol. The van der Waals surface area contributed by atoms with E-state index < -0.39 is 0 Å². The summed E-state index contributed by atoms with van der Waals surface area (Å²) in [6.45, 7) is 2.94. The number of benzene rings is 3. The number of hydrogen-bond acceptors (Lipinski definition) is 4. The van der Waals surface area contributed by atoms with E-state index in [1.807, 2.05) is 79.7 Å². The van der Waals surface area contributed by atoms with Gasteiger partial charge in [0.2, 0.25) is 5.91 Å². The zero-order chi connectivity index (χ0) is 25.1. The smallest absolute Gasteiger partial charge is 0.278 e. The molecular formula is C29H28N4O3. The first-order valence-electron chi connectivity index (χ1n) is 11.9. The molecule has 0 spiro atoms. The van der Waals surface area contributed by atoms with Gasteiger partial charge in [-0.1, -0.05) is 54.1 Å². The van der Waals surface area contributed by atoms with E-state index in [4.69, 9.17) is 4.74 Å². The minimum atomic E-state index is -0.179. The van der Waals surface area contributed by atoms with Crippen LogP contribution in [0.2, 0.25) is 0 Å². The van der Waals surface area contributed by atoms with Crippen molar-refractivity contribution in [2.24, 2.45) is 0 Å². The molecule has 2 aromatic heterocycles. The van der Waals surface area contributed by atoms with Crippen molar-refractivity contribution in [1.29, 1.82) is 0 Å². The summed E-state index contributed by atoms with van der Waals surface area (Å²) in [6, 6.07) is 23.6. The molecule has 5 rings (SSSR count). The molecule has 0 aliphatic carbocycles. The number of fused-ring (bicyclic) bond motifs is 3. The molecule has 0 saturated carbocycles. The van der Waals surface area contributed by atoms with Crippen LogP contribution >= 0.6 is 0 Å². The number of rotatable bonds is 8. The van der Waals surface area contributed by atoms with Crippen molar-refractivity contribution in [2.75, 3.05) is 13.7 Å². The summed E-state index contributed by atoms with van der Waals surface area (Å²) >= 11 is 0. The highest BCUT2D eigenvalue weighted by molar-refractivity contribution is 6.06. The average Bonchev–Trinajstić information content (AvgIpc) is 3.19. The van der Waals surface area contributed by atoms with Gasteiger partial charge in [0.05, 0.1) is 25.5 Å². The van der Waals surface area contributed by atoms with E-state index in [-0.39, 0.29) is 18.0 Å². The molecule has 7 heteroatoms. The number of hydrogen-bond donors (Lipinski definition) is 1. The zero-order valence-corrected chi connectivity index (χ0v) is 20.4. The second-order valence-electron chi connectivity index (χ2n) is 8.92. The third-order valence-electron chi connectivity index (χ3n) is 6.37. The average molecular weight is 481 g/mol. The minimum Gasteiger partial charge on any atom is -0.497 e. The maximum absolute atomic E-state index is 13.7. The van der Waals surface area contributed by atoms with Crippen molar-refractivity contribution in [1.82, 2.24) is 19.4 Å². The Labute approximate surface area is 209 Å². The molecule has 7 nitrogen and oxygen atoms in total. The van der Waals surface area contributed by atoms with Crippen LogP contribution in [0.4, 0.5) is 0 Å². The molecule has 3 aromatic carbocycles.